The number of hydrogen-bond donors (Lipinski definition) is 1. The number of hydrogen-bond acceptors (Lipinski definition) is 5. The van der Waals surface area contributed by atoms with Gasteiger partial charge < -0.3 is 24.1 Å². The first-order valence-electron chi connectivity index (χ1n) is 11.5. The lowest BCUT2D eigenvalue weighted by Gasteiger charge is -2.32. The van der Waals surface area contributed by atoms with E-state index in [-0.39, 0.29) is 17.2 Å². The van der Waals surface area contributed by atoms with Crippen molar-refractivity contribution in [3.05, 3.63) is 60.2 Å². The minimum absolute atomic E-state index is 0.245. The Kier molecular flexibility index (Phi) is 7.44. The van der Waals surface area contributed by atoms with Gasteiger partial charge in [0.05, 0.1) is 17.2 Å². The van der Waals surface area contributed by atoms with E-state index in [2.05, 4.69) is 5.32 Å². The standard InChI is InChI=1S/C26H36BNO5/c1-24(2,3)31-23(29)28-21(17-19-11-9-8-10-12-19)18-30-22-15-13-20(14-16-22)27-32-25(4,5)26(6,7)33-27/h8-16,21H,17-18H2,1-7H3,(H,28,29). The van der Waals surface area contributed by atoms with Gasteiger partial charge in [-0.2, -0.15) is 0 Å². The van der Waals surface area contributed by atoms with E-state index in [4.69, 9.17) is 18.8 Å². The van der Waals surface area contributed by atoms with Crippen LogP contribution in [0, 0.1) is 0 Å². The first-order chi connectivity index (χ1) is 15.3. The van der Waals surface area contributed by atoms with Crippen molar-refractivity contribution in [3.8, 4) is 5.75 Å². The molecule has 1 amide bonds. The van der Waals surface area contributed by atoms with Crippen LogP contribution in [0.2, 0.25) is 0 Å². The van der Waals surface area contributed by atoms with Crippen molar-refractivity contribution >= 4 is 18.7 Å². The molecule has 3 rings (SSSR count). The Hall–Kier alpha value is -2.51. The predicted molar refractivity (Wildman–Crippen MR) is 131 cm³/mol. The molecule has 0 radical (unpaired) electrons. The highest BCUT2D eigenvalue weighted by atomic mass is 16.7. The maximum atomic E-state index is 12.4. The molecule has 1 unspecified atom stereocenters. The van der Waals surface area contributed by atoms with E-state index in [9.17, 15) is 4.79 Å². The molecule has 1 aliphatic heterocycles. The van der Waals surface area contributed by atoms with E-state index < -0.39 is 18.8 Å². The molecular formula is C26H36BNO5. The molecular weight excluding hydrogens is 417 g/mol. The monoisotopic (exact) mass is 453 g/mol. The molecule has 0 spiro atoms. The van der Waals surface area contributed by atoms with Gasteiger partial charge in [0.2, 0.25) is 0 Å². The Balaban J connectivity index is 1.63. The molecule has 1 atom stereocenters. The fourth-order valence-electron chi connectivity index (χ4n) is 3.42. The third-order valence-corrected chi connectivity index (χ3v) is 5.90. The van der Waals surface area contributed by atoms with E-state index in [0.717, 1.165) is 11.0 Å². The smallest absolute Gasteiger partial charge is 0.491 e. The molecule has 1 N–H and O–H groups in total. The van der Waals surface area contributed by atoms with Crippen LogP contribution in [-0.4, -0.2) is 42.7 Å². The molecule has 2 aromatic rings. The van der Waals surface area contributed by atoms with Crippen LogP contribution in [0.25, 0.3) is 0 Å². The van der Waals surface area contributed by atoms with E-state index in [1.807, 2.05) is 103 Å². The summed E-state index contributed by atoms with van der Waals surface area (Å²) in [6.07, 6.45) is 0.176. The van der Waals surface area contributed by atoms with Gasteiger partial charge in [-0.3, -0.25) is 0 Å². The zero-order chi connectivity index (χ0) is 24.3. The second-order valence-electron chi connectivity index (χ2n) is 10.5. The maximum Gasteiger partial charge on any atom is 0.494 e. The van der Waals surface area contributed by atoms with Crippen molar-refractivity contribution in [1.82, 2.24) is 5.32 Å². The van der Waals surface area contributed by atoms with Gasteiger partial charge in [0.15, 0.2) is 0 Å². The fourth-order valence-corrected chi connectivity index (χ4v) is 3.42. The summed E-state index contributed by atoms with van der Waals surface area (Å²) in [5, 5.41) is 2.94. The summed E-state index contributed by atoms with van der Waals surface area (Å²) in [5.74, 6) is 0.708. The average Bonchev–Trinajstić information content (AvgIpc) is 2.93. The third kappa shape index (κ3) is 6.99. The Morgan fingerprint density at radius 1 is 0.970 bits per heavy atom. The number of alkyl carbamates (subject to hydrolysis) is 1. The molecule has 0 saturated carbocycles. The quantitative estimate of drug-likeness (QED) is 0.626. The Morgan fingerprint density at radius 3 is 2.09 bits per heavy atom. The zero-order valence-corrected chi connectivity index (χ0v) is 20.8. The topological polar surface area (TPSA) is 66.0 Å². The van der Waals surface area contributed by atoms with Crippen molar-refractivity contribution in [2.45, 2.75) is 77.7 Å². The highest BCUT2D eigenvalue weighted by molar-refractivity contribution is 6.62. The highest BCUT2D eigenvalue weighted by Crippen LogP contribution is 2.36. The van der Waals surface area contributed by atoms with Gasteiger partial charge in [0, 0.05) is 0 Å². The van der Waals surface area contributed by atoms with Crippen LogP contribution in [0.1, 0.15) is 54.0 Å². The van der Waals surface area contributed by atoms with Crippen LogP contribution in [0.4, 0.5) is 4.79 Å². The summed E-state index contributed by atoms with van der Waals surface area (Å²) in [7, 11) is -0.413. The van der Waals surface area contributed by atoms with Crippen LogP contribution >= 0.6 is 0 Å². The molecule has 0 aromatic heterocycles. The molecule has 1 heterocycles. The molecule has 1 fully saturated rings. The Bertz CT molecular complexity index is 906. The normalized spacial score (nSPS) is 18.0. The lowest BCUT2D eigenvalue weighted by atomic mass is 9.79. The van der Waals surface area contributed by atoms with Crippen LogP contribution in [0.15, 0.2) is 54.6 Å². The second kappa shape index (κ2) is 9.78. The van der Waals surface area contributed by atoms with Gasteiger partial charge in [-0.1, -0.05) is 42.5 Å². The SMILES string of the molecule is CC(C)(C)OC(=O)NC(COc1ccc(B2OC(C)(C)C(C)(C)O2)cc1)Cc1ccccc1. The highest BCUT2D eigenvalue weighted by Gasteiger charge is 2.51. The summed E-state index contributed by atoms with van der Waals surface area (Å²) in [6.45, 7) is 14.0. The van der Waals surface area contributed by atoms with Crippen molar-refractivity contribution in [3.63, 3.8) is 0 Å². The largest absolute Gasteiger partial charge is 0.494 e. The summed E-state index contributed by atoms with van der Waals surface area (Å²) in [5.41, 5.74) is 0.716. The lowest BCUT2D eigenvalue weighted by molar-refractivity contribution is 0.00578. The molecule has 2 aromatic carbocycles. The van der Waals surface area contributed by atoms with Gasteiger partial charge in [-0.25, -0.2) is 4.79 Å². The van der Waals surface area contributed by atoms with Crippen LogP contribution in [-0.2, 0) is 20.5 Å². The van der Waals surface area contributed by atoms with Crippen LogP contribution in [0.3, 0.4) is 0 Å². The summed E-state index contributed by atoms with van der Waals surface area (Å²) in [4.78, 5) is 12.4. The molecule has 6 nitrogen and oxygen atoms in total. The fraction of sp³-hybridized carbons (Fsp3) is 0.500. The number of benzene rings is 2. The lowest BCUT2D eigenvalue weighted by Crippen LogP contribution is -2.43. The molecule has 0 aliphatic carbocycles. The first-order valence-corrected chi connectivity index (χ1v) is 11.5. The van der Waals surface area contributed by atoms with Gasteiger partial charge in [0.25, 0.3) is 0 Å². The summed E-state index contributed by atoms with van der Waals surface area (Å²) >= 11 is 0. The van der Waals surface area contributed by atoms with E-state index in [0.29, 0.717) is 18.8 Å². The molecule has 7 heteroatoms. The van der Waals surface area contributed by atoms with Gasteiger partial charge in [0.1, 0.15) is 18.0 Å². The van der Waals surface area contributed by atoms with Crippen LogP contribution < -0.4 is 15.5 Å². The zero-order valence-electron chi connectivity index (χ0n) is 20.8. The van der Waals surface area contributed by atoms with Crippen molar-refractivity contribution in [1.29, 1.82) is 0 Å². The average molecular weight is 453 g/mol. The van der Waals surface area contributed by atoms with E-state index in [1.165, 1.54) is 0 Å². The number of carbonyl (C=O) groups excluding carboxylic acids is 1. The number of rotatable bonds is 7. The van der Waals surface area contributed by atoms with Crippen LogP contribution in [0.5, 0.6) is 5.75 Å². The van der Waals surface area contributed by atoms with E-state index in [1.54, 1.807) is 0 Å². The van der Waals surface area contributed by atoms with E-state index >= 15 is 0 Å². The number of nitrogens with one attached hydrogen (secondary N) is 1. The third-order valence-electron chi connectivity index (χ3n) is 5.90. The molecule has 178 valence electrons. The second-order valence-corrected chi connectivity index (χ2v) is 10.5. The molecule has 1 aliphatic rings. The Morgan fingerprint density at radius 2 is 1.55 bits per heavy atom. The van der Waals surface area contributed by atoms with Crippen molar-refractivity contribution in [2.24, 2.45) is 0 Å². The number of carbonyl (C=O) groups is 1. The predicted octanol–water partition coefficient (Wildman–Crippen LogP) is 4.50. The molecule has 33 heavy (non-hydrogen) atoms. The van der Waals surface area contributed by atoms with Gasteiger partial charge in [-0.05, 0) is 78.0 Å². The maximum absolute atomic E-state index is 12.4. The van der Waals surface area contributed by atoms with Crippen molar-refractivity contribution < 1.29 is 23.6 Å². The van der Waals surface area contributed by atoms with Gasteiger partial charge in [-0.15, -0.1) is 0 Å². The summed E-state index contributed by atoms with van der Waals surface area (Å²) < 4.78 is 23.7. The Labute approximate surface area is 198 Å². The minimum Gasteiger partial charge on any atom is -0.491 e. The molecule has 1 saturated heterocycles. The van der Waals surface area contributed by atoms with Crippen molar-refractivity contribution in [2.75, 3.05) is 6.61 Å². The number of ether oxygens (including phenoxy) is 2. The number of amides is 1. The minimum atomic E-state index is -0.564. The first kappa shape index (κ1) is 25.1. The summed E-state index contributed by atoms with van der Waals surface area (Å²) in [6, 6.07) is 17.4. The molecule has 0 bridgehead atoms. The van der Waals surface area contributed by atoms with Gasteiger partial charge >= 0.3 is 13.2 Å².